The molecule has 0 N–H and O–H groups in total. The third-order valence-electron chi connectivity index (χ3n) is 10.7. The summed E-state index contributed by atoms with van der Waals surface area (Å²) in [6, 6.07) is 57.9. The molecule has 12 rings (SSSR count). The van der Waals surface area contributed by atoms with Gasteiger partial charge < -0.3 is 4.42 Å². The summed E-state index contributed by atoms with van der Waals surface area (Å²) < 4.78 is 10.9. The summed E-state index contributed by atoms with van der Waals surface area (Å²) in [5.41, 5.74) is 9.12. The van der Waals surface area contributed by atoms with Crippen molar-refractivity contribution in [2.24, 2.45) is 0 Å². The fourth-order valence-electron chi connectivity index (χ4n) is 8.10. The standard InChI is InChI=1S/C49H28N6OS/c1-3-14-29(15-4-1)43-45-44(34-20-9-12-25-41(34)57-45)51-48(50-43)35-21-13-24-40-42(35)36-28-31(26-27-39(36)56-40)47-52-46(30-16-5-2-6-17-30)53-49(54-47)55-37-22-10-7-18-32(37)33-19-8-11-23-38(33)55/h1-28H. The highest BCUT2D eigenvalue weighted by Gasteiger charge is 2.22. The van der Waals surface area contributed by atoms with Crippen molar-refractivity contribution in [1.29, 1.82) is 0 Å². The fraction of sp³-hybridized carbons (Fsp3) is 0. The maximum Gasteiger partial charge on any atom is 0.238 e. The first-order valence-electron chi connectivity index (χ1n) is 18.8. The Balaban J connectivity index is 1.10. The first kappa shape index (κ1) is 31.8. The number of furan rings is 1. The van der Waals surface area contributed by atoms with Gasteiger partial charge in [0.1, 0.15) is 11.2 Å². The van der Waals surface area contributed by atoms with E-state index in [0.29, 0.717) is 23.4 Å². The van der Waals surface area contributed by atoms with Gasteiger partial charge in [-0.2, -0.15) is 9.97 Å². The molecule has 266 valence electrons. The third-order valence-corrected chi connectivity index (χ3v) is 11.9. The van der Waals surface area contributed by atoms with Crippen LogP contribution in [-0.4, -0.2) is 29.5 Å². The highest BCUT2D eigenvalue weighted by molar-refractivity contribution is 7.26. The summed E-state index contributed by atoms with van der Waals surface area (Å²) >= 11 is 1.73. The highest BCUT2D eigenvalue weighted by Crippen LogP contribution is 2.42. The van der Waals surface area contributed by atoms with Crippen LogP contribution in [0.3, 0.4) is 0 Å². The van der Waals surface area contributed by atoms with Gasteiger partial charge in [0, 0.05) is 53.9 Å². The molecule has 0 aliphatic rings. The van der Waals surface area contributed by atoms with Crippen LogP contribution in [0.4, 0.5) is 0 Å². The summed E-state index contributed by atoms with van der Waals surface area (Å²) in [6.45, 7) is 0. The van der Waals surface area contributed by atoms with E-state index in [1.54, 1.807) is 11.3 Å². The molecule has 0 saturated heterocycles. The molecule has 0 fully saturated rings. The van der Waals surface area contributed by atoms with Gasteiger partial charge in [0.25, 0.3) is 0 Å². The number of para-hydroxylation sites is 2. The Morgan fingerprint density at radius 2 is 1.09 bits per heavy atom. The number of thiophene rings is 1. The molecule has 57 heavy (non-hydrogen) atoms. The van der Waals surface area contributed by atoms with Crippen molar-refractivity contribution < 1.29 is 4.42 Å². The molecule has 0 unspecified atom stereocenters. The third kappa shape index (κ3) is 5.01. The Bertz CT molecular complexity index is 3480. The molecule has 12 aromatic rings. The number of nitrogens with zero attached hydrogens (tertiary/aromatic N) is 6. The van der Waals surface area contributed by atoms with Gasteiger partial charge in [-0.3, -0.25) is 4.57 Å². The van der Waals surface area contributed by atoms with Gasteiger partial charge in [-0.05, 0) is 42.5 Å². The van der Waals surface area contributed by atoms with Crippen molar-refractivity contribution in [2.45, 2.75) is 0 Å². The van der Waals surface area contributed by atoms with Gasteiger partial charge in [0.2, 0.25) is 5.95 Å². The van der Waals surface area contributed by atoms with E-state index in [9.17, 15) is 0 Å². The SMILES string of the molecule is c1ccc(-c2nc(-c3ccc4oc5cccc(-c6nc(-c7ccccc7)c7sc8ccccc8c7n6)c5c4c3)nc(-n3c4ccccc4c4ccccc43)n2)cc1. The molecule has 7 aromatic carbocycles. The zero-order valence-electron chi connectivity index (χ0n) is 30.2. The summed E-state index contributed by atoms with van der Waals surface area (Å²) in [5.74, 6) is 2.34. The van der Waals surface area contributed by atoms with Crippen molar-refractivity contribution in [3.63, 3.8) is 0 Å². The lowest BCUT2D eigenvalue weighted by atomic mass is 10.0. The van der Waals surface area contributed by atoms with Gasteiger partial charge in [-0.15, -0.1) is 11.3 Å². The van der Waals surface area contributed by atoms with E-state index >= 15 is 0 Å². The number of hydrogen-bond acceptors (Lipinski definition) is 7. The lowest BCUT2D eigenvalue weighted by molar-refractivity contribution is 0.669. The van der Waals surface area contributed by atoms with Crippen LogP contribution in [0.2, 0.25) is 0 Å². The maximum absolute atomic E-state index is 6.52. The summed E-state index contributed by atoms with van der Waals surface area (Å²) in [4.78, 5) is 26.0. The molecule has 0 atom stereocenters. The number of benzene rings is 7. The van der Waals surface area contributed by atoms with Crippen molar-refractivity contribution >= 4 is 75.4 Å². The number of fused-ring (bicyclic) bond motifs is 9. The predicted octanol–water partition coefficient (Wildman–Crippen LogP) is 12.7. The van der Waals surface area contributed by atoms with E-state index in [1.807, 2.05) is 60.7 Å². The topological polar surface area (TPSA) is 82.5 Å². The van der Waals surface area contributed by atoms with Crippen molar-refractivity contribution in [3.8, 4) is 51.4 Å². The van der Waals surface area contributed by atoms with Crippen LogP contribution >= 0.6 is 11.3 Å². The second-order valence-electron chi connectivity index (χ2n) is 14.0. The van der Waals surface area contributed by atoms with Gasteiger partial charge >= 0.3 is 0 Å². The smallest absolute Gasteiger partial charge is 0.238 e. The van der Waals surface area contributed by atoms with Crippen LogP contribution in [0.15, 0.2) is 174 Å². The van der Waals surface area contributed by atoms with E-state index in [0.717, 1.165) is 87.3 Å². The van der Waals surface area contributed by atoms with Crippen molar-refractivity contribution in [1.82, 2.24) is 29.5 Å². The molecular formula is C49H28N6OS. The quantitative estimate of drug-likeness (QED) is 0.174. The van der Waals surface area contributed by atoms with Gasteiger partial charge in [0.05, 0.1) is 26.9 Å². The minimum atomic E-state index is 0.548. The minimum absolute atomic E-state index is 0.548. The molecule has 8 heteroatoms. The maximum atomic E-state index is 6.52. The zero-order chi connectivity index (χ0) is 37.5. The summed E-state index contributed by atoms with van der Waals surface area (Å²) in [5, 5.41) is 5.27. The largest absolute Gasteiger partial charge is 0.456 e. The van der Waals surface area contributed by atoms with E-state index in [2.05, 4.69) is 114 Å². The van der Waals surface area contributed by atoms with Crippen LogP contribution in [0.1, 0.15) is 0 Å². The van der Waals surface area contributed by atoms with Crippen LogP contribution in [0.5, 0.6) is 0 Å². The van der Waals surface area contributed by atoms with E-state index in [-0.39, 0.29) is 0 Å². The molecule has 0 aliphatic heterocycles. The number of hydrogen-bond donors (Lipinski definition) is 0. The first-order valence-corrected chi connectivity index (χ1v) is 19.6. The van der Waals surface area contributed by atoms with Crippen LogP contribution in [0, 0.1) is 0 Å². The molecule has 0 aliphatic carbocycles. The average molecular weight is 749 g/mol. The Labute approximate surface area is 329 Å². The van der Waals surface area contributed by atoms with Crippen molar-refractivity contribution in [3.05, 3.63) is 170 Å². The molecule has 0 spiro atoms. The summed E-state index contributed by atoms with van der Waals surface area (Å²) in [6.07, 6.45) is 0. The molecule has 0 radical (unpaired) electrons. The predicted molar refractivity (Wildman–Crippen MR) is 232 cm³/mol. The van der Waals surface area contributed by atoms with E-state index < -0.39 is 0 Å². The Hall–Kier alpha value is -7.55. The monoisotopic (exact) mass is 748 g/mol. The molecule has 7 nitrogen and oxygen atoms in total. The number of rotatable bonds is 5. The van der Waals surface area contributed by atoms with E-state index in [4.69, 9.17) is 29.3 Å². The zero-order valence-corrected chi connectivity index (χ0v) is 31.0. The number of aromatic nitrogens is 6. The molecule has 5 aromatic heterocycles. The lowest BCUT2D eigenvalue weighted by Gasteiger charge is -2.11. The summed E-state index contributed by atoms with van der Waals surface area (Å²) in [7, 11) is 0. The molecule has 0 bridgehead atoms. The average Bonchev–Trinajstić information content (AvgIpc) is 3.96. The second kappa shape index (κ2) is 12.5. The molecular weight excluding hydrogens is 721 g/mol. The van der Waals surface area contributed by atoms with Gasteiger partial charge in [0.15, 0.2) is 17.5 Å². The lowest BCUT2D eigenvalue weighted by Crippen LogP contribution is -2.06. The normalized spacial score (nSPS) is 11.9. The minimum Gasteiger partial charge on any atom is -0.456 e. The first-order chi connectivity index (χ1) is 28.2. The Morgan fingerprint density at radius 3 is 1.84 bits per heavy atom. The molecule has 0 amide bonds. The highest BCUT2D eigenvalue weighted by atomic mass is 32.1. The molecule has 5 heterocycles. The fourth-order valence-corrected chi connectivity index (χ4v) is 9.26. The molecule has 0 saturated carbocycles. The van der Waals surface area contributed by atoms with Crippen LogP contribution < -0.4 is 0 Å². The Morgan fingerprint density at radius 1 is 0.439 bits per heavy atom. The van der Waals surface area contributed by atoms with Crippen LogP contribution in [-0.2, 0) is 0 Å². The van der Waals surface area contributed by atoms with E-state index in [1.165, 1.54) is 4.70 Å². The Kier molecular flexibility index (Phi) is 6.96. The van der Waals surface area contributed by atoms with Crippen molar-refractivity contribution in [2.75, 3.05) is 0 Å². The van der Waals surface area contributed by atoms with Gasteiger partial charge in [-0.1, -0.05) is 127 Å². The van der Waals surface area contributed by atoms with Gasteiger partial charge in [-0.25, -0.2) is 15.0 Å². The van der Waals surface area contributed by atoms with Crippen LogP contribution in [0.25, 0.3) is 115 Å². The second-order valence-corrected chi connectivity index (χ2v) is 15.1.